The van der Waals surface area contributed by atoms with Crippen LogP contribution in [0.2, 0.25) is 0 Å². The molecule has 0 unspecified atom stereocenters. The van der Waals surface area contributed by atoms with Crippen LogP contribution in [0.1, 0.15) is 25.7 Å². The Balaban J connectivity index is 1.95. The van der Waals surface area contributed by atoms with Gasteiger partial charge in [-0.25, -0.2) is 0 Å². The van der Waals surface area contributed by atoms with E-state index in [-0.39, 0.29) is 11.7 Å². The second-order valence-electron chi connectivity index (χ2n) is 3.81. The number of carbonyl (C=O) groups is 1. The fourth-order valence-electron chi connectivity index (χ4n) is 1.89. The SMILES string of the molecule is O=C(C1=CCCCO1)C1CCOCC1. The third-order valence-electron chi connectivity index (χ3n) is 2.77. The Morgan fingerprint density at radius 3 is 2.71 bits per heavy atom. The number of hydrogen-bond donors (Lipinski definition) is 0. The van der Waals surface area contributed by atoms with Crippen molar-refractivity contribution in [1.82, 2.24) is 0 Å². The van der Waals surface area contributed by atoms with Crippen molar-refractivity contribution < 1.29 is 14.3 Å². The summed E-state index contributed by atoms with van der Waals surface area (Å²) in [5.41, 5.74) is 0. The first-order chi connectivity index (χ1) is 6.88. The molecule has 0 aromatic heterocycles. The number of ketones is 1. The molecule has 2 rings (SSSR count). The van der Waals surface area contributed by atoms with Crippen molar-refractivity contribution in [3.63, 3.8) is 0 Å². The van der Waals surface area contributed by atoms with Gasteiger partial charge in [0.15, 0.2) is 11.5 Å². The molecule has 0 spiro atoms. The van der Waals surface area contributed by atoms with Gasteiger partial charge >= 0.3 is 0 Å². The van der Waals surface area contributed by atoms with Crippen LogP contribution in [0.25, 0.3) is 0 Å². The van der Waals surface area contributed by atoms with Crippen LogP contribution in [0, 0.1) is 5.92 Å². The summed E-state index contributed by atoms with van der Waals surface area (Å²) in [5.74, 6) is 0.921. The molecule has 0 radical (unpaired) electrons. The molecule has 2 heterocycles. The van der Waals surface area contributed by atoms with E-state index in [0.717, 1.165) is 25.7 Å². The highest BCUT2D eigenvalue weighted by Gasteiger charge is 2.26. The van der Waals surface area contributed by atoms with E-state index in [0.29, 0.717) is 25.6 Å². The van der Waals surface area contributed by atoms with E-state index in [4.69, 9.17) is 9.47 Å². The van der Waals surface area contributed by atoms with Crippen LogP contribution < -0.4 is 0 Å². The van der Waals surface area contributed by atoms with Crippen molar-refractivity contribution >= 4 is 5.78 Å². The van der Waals surface area contributed by atoms with Crippen molar-refractivity contribution in [2.75, 3.05) is 19.8 Å². The number of ether oxygens (including phenoxy) is 2. The van der Waals surface area contributed by atoms with Crippen molar-refractivity contribution in [2.24, 2.45) is 5.92 Å². The van der Waals surface area contributed by atoms with Crippen molar-refractivity contribution in [1.29, 1.82) is 0 Å². The van der Waals surface area contributed by atoms with E-state index in [9.17, 15) is 4.79 Å². The van der Waals surface area contributed by atoms with Gasteiger partial charge in [-0.05, 0) is 31.8 Å². The van der Waals surface area contributed by atoms with Crippen LogP contribution in [0.15, 0.2) is 11.8 Å². The first kappa shape index (κ1) is 9.71. The fraction of sp³-hybridized carbons (Fsp3) is 0.727. The highest BCUT2D eigenvalue weighted by Crippen LogP contribution is 2.22. The number of allylic oxidation sites excluding steroid dienone is 2. The summed E-state index contributed by atoms with van der Waals surface area (Å²) in [6, 6.07) is 0. The molecule has 2 aliphatic rings. The van der Waals surface area contributed by atoms with E-state index in [2.05, 4.69) is 0 Å². The molecule has 0 aromatic rings. The lowest BCUT2D eigenvalue weighted by atomic mass is 9.93. The molecule has 78 valence electrons. The van der Waals surface area contributed by atoms with Gasteiger partial charge in [0.1, 0.15) is 0 Å². The summed E-state index contributed by atoms with van der Waals surface area (Å²) in [7, 11) is 0. The Morgan fingerprint density at radius 1 is 1.29 bits per heavy atom. The second-order valence-corrected chi connectivity index (χ2v) is 3.81. The molecule has 0 atom stereocenters. The zero-order chi connectivity index (χ0) is 9.80. The summed E-state index contributed by atoms with van der Waals surface area (Å²) in [6.07, 6.45) is 5.63. The highest BCUT2D eigenvalue weighted by molar-refractivity contribution is 5.95. The molecule has 1 saturated heterocycles. The van der Waals surface area contributed by atoms with E-state index >= 15 is 0 Å². The van der Waals surface area contributed by atoms with Gasteiger partial charge in [0.2, 0.25) is 0 Å². The van der Waals surface area contributed by atoms with Gasteiger partial charge in [-0.3, -0.25) is 4.79 Å². The Kier molecular flexibility index (Phi) is 3.19. The lowest BCUT2D eigenvalue weighted by Gasteiger charge is -2.23. The molecular weight excluding hydrogens is 180 g/mol. The van der Waals surface area contributed by atoms with Crippen LogP contribution >= 0.6 is 0 Å². The summed E-state index contributed by atoms with van der Waals surface area (Å²) in [4.78, 5) is 11.9. The quantitative estimate of drug-likeness (QED) is 0.674. The van der Waals surface area contributed by atoms with Gasteiger partial charge in [0.05, 0.1) is 6.61 Å². The van der Waals surface area contributed by atoms with Crippen LogP contribution in [-0.2, 0) is 14.3 Å². The first-order valence-corrected chi connectivity index (χ1v) is 5.33. The Morgan fingerprint density at radius 2 is 2.07 bits per heavy atom. The topological polar surface area (TPSA) is 35.5 Å². The minimum atomic E-state index is 0.132. The van der Waals surface area contributed by atoms with Crippen molar-refractivity contribution in [3.05, 3.63) is 11.8 Å². The van der Waals surface area contributed by atoms with Gasteiger partial charge in [0.25, 0.3) is 0 Å². The van der Waals surface area contributed by atoms with Gasteiger partial charge in [0, 0.05) is 19.1 Å². The summed E-state index contributed by atoms with van der Waals surface area (Å²) in [6.45, 7) is 2.12. The largest absolute Gasteiger partial charge is 0.490 e. The minimum absolute atomic E-state index is 0.132. The van der Waals surface area contributed by atoms with Gasteiger partial charge in [-0.1, -0.05) is 0 Å². The predicted octanol–water partition coefficient (Wildman–Crippen LogP) is 1.68. The standard InChI is InChI=1S/C11H16O3/c12-11(9-4-7-13-8-5-9)10-3-1-2-6-14-10/h3,9H,1-2,4-8H2. The molecule has 0 N–H and O–H groups in total. The third-order valence-corrected chi connectivity index (χ3v) is 2.77. The third kappa shape index (κ3) is 2.15. The van der Waals surface area contributed by atoms with Crippen molar-refractivity contribution in [2.45, 2.75) is 25.7 Å². The molecule has 0 amide bonds. The maximum atomic E-state index is 11.9. The normalized spacial score (nSPS) is 23.9. The molecule has 0 aromatic carbocycles. The Hall–Kier alpha value is -0.830. The highest BCUT2D eigenvalue weighted by atomic mass is 16.5. The molecule has 2 aliphatic heterocycles. The van der Waals surface area contributed by atoms with Crippen LogP contribution in [0.4, 0.5) is 0 Å². The van der Waals surface area contributed by atoms with E-state index in [1.807, 2.05) is 6.08 Å². The number of rotatable bonds is 2. The van der Waals surface area contributed by atoms with E-state index < -0.39 is 0 Å². The molecule has 3 nitrogen and oxygen atoms in total. The lowest BCUT2D eigenvalue weighted by Crippen LogP contribution is -2.26. The number of hydrogen-bond acceptors (Lipinski definition) is 3. The first-order valence-electron chi connectivity index (χ1n) is 5.33. The zero-order valence-electron chi connectivity index (χ0n) is 8.33. The molecular formula is C11H16O3. The molecule has 14 heavy (non-hydrogen) atoms. The fourth-order valence-corrected chi connectivity index (χ4v) is 1.89. The van der Waals surface area contributed by atoms with E-state index in [1.165, 1.54) is 0 Å². The number of Topliss-reactive ketones (excluding diaryl/α,β-unsaturated/α-hetero) is 1. The monoisotopic (exact) mass is 196 g/mol. The van der Waals surface area contributed by atoms with Crippen LogP contribution in [0.3, 0.4) is 0 Å². The predicted molar refractivity (Wildman–Crippen MR) is 51.8 cm³/mol. The summed E-state index contributed by atoms with van der Waals surface area (Å²) in [5, 5.41) is 0. The second kappa shape index (κ2) is 4.60. The Labute approximate surface area is 84.1 Å². The zero-order valence-corrected chi connectivity index (χ0v) is 8.33. The van der Waals surface area contributed by atoms with Crippen LogP contribution in [0.5, 0.6) is 0 Å². The number of carbonyl (C=O) groups excluding carboxylic acids is 1. The van der Waals surface area contributed by atoms with Gasteiger partial charge in [-0.2, -0.15) is 0 Å². The minimum Gasteiger partial charge on any atom is -0.490 e. The maximum Gasteiger partial charge on any atom is 0.200 e. The average Bonchev–Trinajstić information content (AvgIpc) is 2.30. The molecule has 0 aliphatic carbocycles. The summed E-state index contributed by atoms with van der Waals surface area (Å²) >= 11 is 0. The lowest BCUT2D eigenvalue weighted by molar-refractivity contribution is -0.125. The Bertz CT molecular complexity index is 239. The molecule has 0 bridgehead atoms. The maximum absolute atomic E-state index is 11.9. The molecule has 3 heteroatoms. The van der Waals surface area contributed by atoms with Crippen LogP contribution in [-0.4, -0.2) is 25.6 Å². The smallest absolute Gasteiger partial charge is 0.200 e. The molecule has 1 fully saturated rings. The van der Waals surface area contributed by atoms with Gasteiger partial charge in [-0.15, -0.1) is 0 Å². The molecule has 0 saturated carbocycles. The van der Waals surface area contributed by atoms with Gasteiger partial charge < -0.3 is 9.47 Å². The van der Waals surface area contributed by atoms with E-state index in [1.54, 1.807) is 0 Å². The van der Waals surface area contributed by atoms with Crippen molar-refractivity contribution in [3.8, 4) is 0 Å². The summed E-state index contributed by atoms with van der Waals surface area (Å²) < 4.78 is 10.6. The average molecular weight is 196 g/mol.